The van der Waals surface area contributed by atoms with Crippen molar-refractivity contribution in [2.75, 3.05) is 6.54 Å². The average molecular weight is 336 g/mol. The molecule has 0 bridgehead atoms. The van der Waals surface area contributed by atoms with Crippen LogP contribution in [0.4, 0.5) is 0 Å². The molecule has 128 valence electrons. The Morgan fingerprint density at radius 2 is 1.88 bits per heavy atom. The molecule has 0 saturated heterocycles. The van der Waals surface area contributed by atoms with Crippen molar-refractivity contribution in [1.29, 1.82) is 0 Å². The summed E-state index contributed by atoms with van der Waals surface area (Å²) in [5.74, 6) is 1.10. The SMILES string of the molecule is Cc1nc(-c2ccc(C(=O)NCC(O)c3ccccc3C)cc2)n[nH]1. The molecule has 0 aliphatic heterocycles. The lowest BCUT2D eigenvalue weighted by molar-refractivity contribution is 0.0916. The molecule has 1 aromatic heterocycles. The van der Waals surface area contributed by atoms with Crippen LogP contribution in [0.25, 0.3) is 11.4 Å². The van der Waals surface area contributed by atoms with Gasteiger partial charge < -0.3 is 10.4 Å². The number of hydrogen-bond donors (Lipinski definition) is 3. The van der Waals surface area contributed by atoms with Crippen molar-refractivity contribution in [3.05, 3.63) is 71.0 Å². The van der Waals surface area contributed by atoms with Crippen molar-refractivity contribution in [3.63, 3.8) is 0 Å². The lowest BCUT2D eigenvalue weighted by atomic mass is 10.0. The Morgan fingerprint density at radius 3 is 2.52 bits per heavy atom. The number of hydrogen-bond acceptors (Lipinski definition) is 4. The Kier molecular flexibility index (Phi) is 4.90. The van der Waals surface area contributed by atoms with Crippen molar-refractivity contribution >= 4 is 5.91 Å². The van der Waals surface area contributed by atoms with Crippen molar-refractivity contribution < 1.29 is 9.90 Å². The highest BCUT2D eigenvalue weighted by Crippen LogP contribution is 2.17. The smallest absolute Gasteiger partial charge is 0.251 e. The van der Waals surface area contributed by atoms with Crippen LogP contribution in [0, 0.1) is 13.8 Å². The van der Waals surface area contributed by atoms with Gasteiger partial charge in [0.15, 0.2) is 5.82 Å². The number of aryl methyl sites for hydroxylation is 2. The molecule has 0 fully saturated rings. The van der Waals surface area contributed by atoms with Gasteiger partial charge in [0.25, 0.3) is 5.91 Å². The molecular formula is C19H20N4O2. The van der Waals surface area contributed by atoms with E-state index >= 15 is 0 Å². The molecule has 0 spiro atoms. The fourth-order valence-electron chi connectivity index (χ4n) is 2.60. The minimum atomic E-state index is -0.736. The highest BCUT2D eigenvalue weighted by Gasteiger charge is 2.13. The summed E-state index contributed by atoms with van der Waals surface area (Å²) in [7, 11) is 0. The first-order chi connectivity index (χ1) is 12.0. The van der Waals surface area contributed by atoms with Gasteiger partial charge in [-0.15, -0.1) is 0 Å². The molecule has 0 aliphatic rings. The minimum Gasteiger partial charge on any atom is -0.387 e. The monoisotopic (exact) mass is 336 g/mol. The number of aromatic nitrogens is 3. The number of nitrogens with zero attached hydrogens (tertiary/aromatic N) is 2. The van der Waals surface area contributed by atoms with Gasteiger partial charge in [0, 0.05) is 17.7 Å². The predicted molar refractivity (Wildman–Crippen MR) is 95.0 cm³/mol. The molecule has 2 aromatic carbocycles. The van der Waals surface area contributed by atoms with Crippen molar-refractivity contribution in [2.45, 2.75) is 20.0 Å². The van der Waals surface area contributed by atoms with Gasteiger partial charge in [0.1, 0.15) is 5.82 Å². The van der Waals surface area contributed by atoms with E-state index in [4.69, 9.17) is 0 Å². The van der Waals surface area contributed by atoms with Gasteiger partial charge in [-0.1, -0.05) is 36.4 Å². The van der Waals surface area contributed by atoms with Crippen LogP contribution in [0.1, 0.15) is 33.4 Å². The molecule has 3 N–H and O–H groups in total. The second-order valence-corrected chi connectivity index (χ2v) is 5.90. The lowest BCUT2D eigenvalue weighted by Crippen LogP contribution is -2.28. The van der Waals surface area contributed by atoms with Gasteiger partial charge in [-0.3, -0.25) is 9.89 Å². The molecule has 1 atom stereocenters. The van der Waals surface area contributed by atoms with Crippen LogP contribution in [0.2, 0.25) is 0 Å². The Bertz CT molecular complexity index is 871. The number of carbonyl (C=O) groups is 1. The molecule has 3 aromatic rings. The van der Waals surface area contributed by atoms with Crippen LogP contribution in [0.15, 0.2) is 48.5 Å². The van der Waals surface area contributed by atoms with Crippen molar-refractivity contribution in [1.82, 2.24) is 20.5 Å². The number of aromatic amines is 1. The Labute approximate surface area is 145 Å². The van der Waals surface area contributed by atoms with E-state index < -0.39 is 6.10 Å². The maximum atomic E-state index is 12.3. The Morgan fingerprint density at radius 1 is 1.16 bits per heavy atom. The third kappa shape index (κ3) is 3.92. The fraction of sp³-hybridized carbons (Fsp3) is 0.211. The molecule has 1 heterocycles. The van der Waals surface area contributed by atoms with E-state index in [2.05, 4.69) is 20.5 Å². The number of amides is 1. The van der Waals surface area contributed by atoms with Crippen molar-refractivity contribution in [2.24, 2.45) is 0 Å². The number of aliphatic hydroxyl groups excluding tert-OH is 1. The van der Waals surface area contributed by atoms with Crippen LogP contribution in [-0.4, -0.2) is 32.7 Å². The Hall–Kier alpha value is -2.99. The van der Waals surface area contributed by atoms with E-state index in [1.54, 1.807) is 24.3 Å². The predicted octanol–water partition coefficient (Wildman–Crippen LogP) is 2.55. The van der Waals surface area contributed by atoms with Crippen LogP contribution in [-0.2, 0) is 0 Å². The molecule has 0 saturated carbocycles. The van der Waals surface area contributed by atoms with Gasteiger partial charge in [-0.05, 0) is 37.1 Å². The standard InChI is InChI=1S/C19H20N4O2/c1-12-5-3-4-6-16(12)17(24)11-20-19(25)15-9-7-14(8-10-15)18-21-13(2)22-23-18/h3-10,17,24H,11H2,1-2H3,(H,20,25)(H,21,22,23). The number of H-pyrrole nitrogens is 1. The van der Waals surface area contributed by atoms with Crippen molar-refractivity contribution in [3.8, 4) is 11.4 Å². The highest BCUT2D eigenvalue weighted by molar-refractivity contribution is 5.94. The summed E-state index contributed by atoms with van der Waals surface area (Å²) in [6.07, 6.45) is -0.736. The summed E-state index contributed by atoms with van der Waals surface area (Å²) in [4.78, 5) is 16.5. The van der Waals surface area contributed by atoms with Gasteiger partial charge in [0.05, 0.1) is 6.10 Å². The van der Waals surface area contributed by atoms with Crippen LogP contribution in [0.5, 0.6) is 0 Å². The first-order valence-corrected chi connectivity index (χ1v) is 8.06. The topological polar surface area (TPSA) is 90.9 Å². The van der Waals surface area contributed by atoms with E-state index in [9.17, 15) is 9.90 Å². The number of nitrogens with one attached hydrogen (secondary N) is 2. The zero-order chi connectivity index (χ0) is 17.8. The van der Waals surface area contributed by atoms with E-state index in [-0.39, 0.29) is 12.5 Å². The third-order valence-electron chi connectivity index (χ3n) is 4.01. The molecule has 6 heteroatoms. The van der Waals surface area contributed by atoms with Crippen LogP contribution in [0.3, 0.4) is 0 Å². The quantitative estimate of drug-likeness (QED) is 0.668. The lowest BCUT2D eigenvalue weighted by Gasteiger charge is -2.14. The Balaban J connectivity index is 1.62. The van der Waals surface area contributed by atoms with Gasteiger partial charge >= 0.3 is 0 Å². The molecule has 3 rings (SSSR count). The summed E-state index contributed by atoms with van der Waals surface area (Å²) >= 11 is 0. The summed E-state index contributed by atoms with van der Waals surface area (Å²) in [6, 6.07) is 14.6. The maximum absolute atomic E-state index is 12.3. The van der Waals surface area contributed by atoms with Gasteiger partial charge in [-0.2, -0.15) is 5.10 Å². The normalized spacial score (nSPS) is 12.0. The number of aliphatic hydroxyl groups is 1. The van der Waals surface area contributed by atoms with E-state index in [0.29, 0.717) is 11.4 Å². The average Bonchev–Trinajstić information content (AvgIpc) is 3.06. The molecular weight excluding hydrogens is 316 g/mol. The highest BCUT2D eigenvalue weighted by atomic mass is 16.3. The number of rotatable bonds is 5. The largest absolute Gasteiger partial charge is 0.387 e. The first kappa shape index (κ1) is 16.9. The maximum Gasteiger partial charge on any atom is 0.251 e. The molecule has 1 amide bonds. The molecule has 25 heavy (non-hydrogen) atoms. The van der Waals surface area contributed by atoms with E-state index in [0.717, 1.165) is 22.5 Å². The van der Waals surface area contributed by atoms with E-state index in [1.807, 2.05) is 38.1 Å². The van der Waals surface area contributed by atoms with Gasteiger partial charge in [0.2, 0.25) is 0 Å². The summed E-state index contributed by atoms with van der Waals surface area (Å²) in [5.41, 5.74) is 3.17. The summed E-state index contributed by atoms with van der Waals surface area (Å²) in [6.45, 7) is 3.92. The molecule has 6 nitrogen and oxygen atoms in total. The third-order valence-corrected chi connectivity index (χ3v) is 4.01. The second-order valence-electron chi connectivity index (χ2n) is 5.90. The van der Waals surface area contributed by atoms with Crippen LogP contribution >= 0.6 is 0 Å². The zero-order valence-electron chi connectivity index (χ0n) is 14.2. The summed E-state index contributed by atoms with van der Waals surface area (Å²) < 4.78 is 0. The molecule has 0 radical (unpaired) electrons. The fourth-order valence-corrected chi connectivity index (χ4v) is 2.60. The molecule has 1 unspecified atom stereocenters. The first-order valence-electron chi connectivity index (χ1n) is 8.06. The minimum absolute atomic E-state index is 0.158. The second kappa shape index (κ2) is 7.27. The van der Waals surface area contributed by atoms with Gasteiger partial charge in [-0.25, -0.2) is 4.98 Å². The summed E-state index contributed by atoms with van der Waals surface area (Å²) in [5, 5.41) is 19.9. The van der Waals surface area contributed by atoms with E-state index in [1.165, 1.54) is 0 Å². The molecule has 0 aliphatic carbocycles. The zero-order valence-corrected chi connectivity index (χ0v) is 14.2. The van der Waals surface area contributed by atoms with Crippen LogP contribution < -0.4 is 5.32 Å². The number of benzene rings is 2. The number of carbonyl (C=O) groups excluding carboxylic acids is 1.